The predicted molar refractivity (Wildman–Crippen MR) is 118 cm³/mol. The number of amides is 1. The van der Waals surface area contributed by atoms with E-state index in [4.69, 9.17) is 0 Å². The number of rotatable bonds is 7. The summed E-state index contributed by atoms with van der Waals surface area (Å²) in [6.07, 6.45) is 1.50. The maximum absolute atomic E-state index is 12.9. The molecule has 3 aromatic carbocycles. The molecule has 0 bridgehead atoms. The quantitative estimate of drug-likeness (QED) is 0.640. The monoisotopic (exact) mass is 410 g/mol. The number of anilines is 1. The molecule has 1 N–H and O–H groups in total. The lowest BCUT2D eigenvalue weighted by molar-refractivity contribution is -0.122. The van der Waals surface area contributed by atoms with E-state index in [-0.39, 0.29) is 5.91 Å². The molecule has 0 saturated carbocycles. The molecule has 0 aliphatic carbocycles. The van der Waals surface area contributed by atoms with Crippen molar-refractivity contribution in [2.75, 3.05) is 10.6 Å². The number of carbonyl (C=O) groups is 1. The van der Waals surface area contributed by atoms with E-state index in [0.29, 0.717) is 18.7 Å². The molecule has 0 aliphatic heterocycles. The van der Waals surface area contributed by atoms with E-state index in [9.17, 15) is 13.2 Å². The second-order valence-corrected chi connectivity index (χ2v) is 9.08. The van der Waals surface area contributed by atoms with Gasteiger partial charge in [-0.2, -0.15) is 0 Å². The molecule has 0 aromatic heterocycles. The Morgan fingerprint density at radius 3 is 2.38 bits per heavy atom. The molecule has 6 heteroatoms. The van der Waals surface area contributed by atoms with Crippen molar-refractivity contribution in [1.29, 1.82) is 0 Å². The normalized spacial score (nSPS) is 12.5. The summed E-state index contributed by atoms with van der Waals surface area (Å²) in [5.41, 5.74) is 2.40. The van der Waals surface area contributed by atoms with Gasteiger partial charge in [0.1, 0.15) is 6.04 Å². The van der Waals surface area contributed by atoms with Gasteiger partial charge in [-0.3, -0.25) is 9.10 Å². The van der Waals surface area contributed by atoms with Gasteiger partial charge in [0.05, 0.1) is 11.9 Å². The van der Waals surface area contributed by atoms with Crippen LogP contribution in [-0.2, 0) is 21.4 Å². The minimum atomic E-state index is -3.63. The number of fused-ring (bicyclic) bond motifs is 1. The van der Waals surface area contributed by atoms with Gasteiger partial charge in [-0.1, -0.05) is 55.5 Å². The highest BCUT2D eigenvalue weighted by Crippen LogP contribution is 2.23. The largest absolute Gasteiger partial charge is 0.350 e. The van der Waals surface area contributed by atoms with Gasteiger partial charge in [0, 0.05) is 6.54 Å². The fourth-order valence-electron chi connectivity index (χ4n) is 3.48. The molecular formula is C23H26N2O3S. The summed E-state index contributed by atoms with van der Waals surface area (Å²) in [5, 5.41) is 5.14. The topological polar surface area (TPSA) is 66.5 Å². The summed E-state index contributed by atoms with van der Waals surface area (Å²) in [6, 6.07) is 20.4. The van der Waals surface area contributed by atoms with Gasteiger partial charge in [-0.05, 0) is 53.4 Å². The fraction of sp³-hybridized carbons (Fsp3) is 0.261. The van der Waals surface area contributed by atoms with Crippen molar-refractivity contribution in [3.8, 4) is 0 Å². The van der Waals surface area contributed by atoms with E-state index < -0.39 is 16.1 Å². The standard InChI is InChI=1S/C23H26N2O3S/c1-4-22(25(29(3,27)28)21-11-7-8-17(2)14-21)23(26)24-16-18-12-13-19-9-5-6-10-20(19)15-18/h5-15,22H,4,16H2,1-3H3,(H,24,26)/t22-/m0/s1. The highest BCUT2D eigenvalue weighted by Gasteiger charge is 2.31. The van der Waals surface area contributed by atoms with Crippen molar-refractivity contribution in [3.63, 3.8) is 0 Å². The lowest BCUT2D eigenvalue weighted by atomic mass is 10.1. The number of aryl methyl sites for hydroxylation is 1. The van der Waals surface area contributed by atoms with Crippen molar-refractivity contribution in [1.82, 2.24) is 5.32 Å². The van der Waals surface area contributed by atoms with Gasteiger partial charge in [0.15, 0.2) is 0 Å². The average Bonchev–Trinajstić information content (AvgIpc) is 2.69. The number of hydrogen-bond donors (Lipinski definition) is 1. The minimum Gasteiger partial charge on any atom is -0.350 e. The van der Waals surface area contributed by atoms with Crippen molar-refractivity contribution >= 4 is 32.4 Å². The van der Waals surface area contributed by atoms with E-state index >= 15 is 0 Å². The summed E-state index contributed by atoms with van der Waals surface area (Å²) >= 11 is 0. The molecular weight excluding hydrogens is 384 g/mol. The Bertz CT molecular complexity index is 1130. The third-order valence-corrected chi connectivity index (χ3v) is 6.05. The summed E-state index contributed by atoms with van der Waals surface area (Å²) in [5.74, 6) is -0.312. The minimum absolute atomic E-state index is 0.312. The number of nitrogens with one attached hydrogen (secondary N) is 1. The molecule has 1 atom stereocenters. The second-order valence-electron chi connectivity index (χ2n) is 7.22. The summed E-state index contributed by atoms with van der Waals surface area (Å²) in [4.78, 5) is 12.9. The molecule has 1 amide bonds. The van der Waals surface area contributed by atoms with Crippen LogP contribution in [0.1, 0.15) is 24.5 Å². The van der Waals surface area contributed by atoms with Gasteiger partial charge >= 0.3 is 0 Å². The Kier molecular flexibility index (Phi) is 6.23. The van der Waals surface area contributed by atoms with E-state index in [1.807, 2.05) is 62.4 Å². The van der Waals surface area contributed by atoms with Crippen LogP contribution in [0.3, 0.4) is 0 Å². The highest BCUT2D eigenvalue weighted by molar-refractivity contribution is 7.92. The van der Waals surface area contributed by atoms with Crippen molar-refractivity contribution in [3.05, 3.63) is 77.9 Å². The van der Waals surface area contributed by atoms with Crippen LogP contribution in [0.25, 0.3) is 10.8 Å². The zero-order valence-electron chi connectivity index (χ0n) is 16.9. The molecule has 3 rings (SSSR count). The van der Waals surface area contributed by atoms with Crippen LogP contribution in [0.5, 0.6) is 0 Å². The van der Waals surface area contributed by atoms with E-state index in [1.165, 1.54) is 4.31 Å². The molecule has 29 heavy (non-hydrogen) atoms. The second kappa shape index (κ2) is 8.66. The molecule has 0 fully saturated rings. The van der Waals surface area contributed by atoms with E-state index in [2.05, 4.69) is 5.32 Å². The number of benzene rings is 3. The summed E-state index contributed by atoms with van der Waals surface area (Å²) in [7, 11) is -3.63. The maximum Gasteiger partial charge on any atom is 0.244 e. The van der Waals surface area contributed by atoms with Crippen molar-refractivity contribution in [2.24, 2.45) is 0 Å². The van der Waals surface area contributed by atoms with E-state index in [0.717, 1.165) is 28.2 Å². The Morgan fingerprint density at radius 1 is 1.00 bits per heavy atom. The Labute approximate surface area is 172 Å². The van der Waals surface area contributed by atoms with Gasteiger partial charge in [0.25, 0.3) is 0 Å². The molecule has 0 saturated heterocycles. The van der Waals surface area contributed by atoms with Crippen LogP contribution in [0.15, 0.2) is 66.7 Å². The predicted octanol–water partition coefficient (Wildman–Crippen LogP) is 4.01. The highest BCUT2D eigenvalue weighted by atomic mass is 32.2. The first-order valence-corrected chi connectivity index (χ1v) is 11.5. The van der Waals surface area contributed by atoms with Gasteiger partial charge in [-0.15, -0.1) is 0 Å². The SMILES string of the molecule is CC[C@@H](C(=O)NCc1ccc2ccccc2c1)N(c1cccc(C)c1)S(C)(=O)=O. The first kappa shape index (κ1) is 20.9. The van der Waals surface area contributed by atoms with Crippen LogP contribution in [-0.4, -0.2) is 26.6 Å². The van der Waals surface area contributed by atoms with Gasteiger partial charge in [0.2, 0.25) is 15.9 Å². The smallest absolute Gasteiger partial charge is 0.244 e. The van der Waals surface area contributed by atoms with Gasteiger partial charge in [-0.25, -0.2) is 8.42 Å². The van der Waals surface area contributed by atoms with Crippen molar-refractivity contribution < 1.29 is 13.2 Å². The van der Waals surface area contributed by atoms with Gasteiger partial charge < -0.3 is 5.32 Å². The Morgan fingerprint density at radius 2 is 1.72 bits per heavy atom. The zero-order valence-corrected chi connectivity index (χ0v) is 17.7. The molecule has 0 radical (unpaired) electrons. The molecule has 0 unspecified atom stereocenters. The van der Waals surface area contributed by atoms with Crippen molar-refractivity contribution in [2.45, 2.75) is 32.9 Å². The first-order chi connectivity index (χ1) is 13.8. The van der Waals surface area contributed by atoms with Crippen LogP contribution in [0.2, 0.25) is 0 Å². The maximum atomic E-state index is 12.9. The summed E-state index contributed by atoms with van der Waals surface area (Å²) in [6.45, 7) is 4.05. The van der Waals surface area contributed by atoms with Crippen LogP contribution >= 0.6 is 0 Å². The Balaban J connectivity index is 1.81. The van der Waals surface area contributed by atoms with Crippen LogP contribution in [0.4, 0.5) is 5.69 Å². The number of hydrogen-bond acceptors (Lipinski definition) is 3. The molecule has 152 valence electrons. The van der Waals surface area contributed by atoms with Crippen LogP contribution < -0.4 is 9.62 Å². The number of nitrogens with zero attached hydrogens (tertiary/aromatic N) is 1. The zero-order chi connectivity index (χ0) is 21.0. The lowest BCUT2D eigenvalue weighted by Gasteiger charge is -2.30. The number of sulfonamides is 1. The average molecular weight is 411 g/mol. The fourth-order valence-corrected chi connectivity index (χ4v) is 4.68. The number of carbonyl (C=O) groups excluding carboxylic acids is 1. The summed E-state index contributed by atoms with van der Waals surface area (Å²) < 4.78 is 26.2. The van der Waals surface area contributed by atoms with Crippen LogP contribution in [0, 0.1) is 6.92 Å². The molecule has 0 heterocycles. The molecule has 0 aliphatic rings. The third-order valence-electron chi connectivity index (χ3n) is 4.87. The molecule has 0 spiro atoms. The Hall–Kier alpha value is -2.86. The third kappa shape index (κ3) is 4.95. The van der Waals surface area contributed by atoms with E-state index in [1.54, 1.807) is 18.2 Å². The first-order valence-electron chi connectivity index (χ1n) is 9.61. The molecule has 5 nitrogen and oxygen atoms in total. The lowest BCUT2D eigenvalue weighted by Crippen LogP contribution is -2.49. The molecule has 3 aromatic rings.